The van der Waals surface area contributed by atoms with Crippen LogP contribution in [-0.4, -0.2) is 135 Å². The third kappa shape index (κ3) is 10.3. The van der Waals surface area contributed by atoms with Gasteiger partial charge in [-0.1, -0.05) is 85.8 Å². The Kier molecular flexibility index (Phi) is 15.7. The molecule has 0 N–H and O–H groups in total. The number of carbonyl (C=O) groups is 2. The lowest BCUT2D eigenvalue weighted by molar-refractivity contribution is -0.314. The molecule has 14 nitrogen and oxygen atoms in total. The highest BCUT2D eigenvalue weighted by Gasteiger charge is 2.55. The molecule has 1 saturated carbocycles. The van der Waals surface area contributed by atoms with Gasteiger partial charge >= 0.3 is 5.97 Å². The Labute approximate surface area is 408 Å². The van der Waals surface area contributed by atoms with Crippen molar-refractivity contribution in [1.82, 2.24) is 19.9 Å². The van der Waals surface area contributed by atoms with E-state index in [4.69, 9.17) is 48.2 Å². The minimum atomic E-state index is -0.700. The van der Waals surface area contributed by atoms with E-state index in [9.17, 15) is 4.79 Å². The Morgan fingerprint density at radius 1 is 0.754 bits per heavy atom. The van der Waals surface area contributed by atoms with E-state index in [2.05, 4.69) is 81.4 Å². The van der Waals surface area contributed by atoms with Crippen LogP contribution in [0.1, 0.15) is 85.5 Å². The number of fused-ring (bicyclic) bond motifs is 5. The molecule has 374 valence electrons. The second-order valence-corrected chi connectivity index (χ2v) is 20.6. The van der Waals surface area contributed by atoms with Gasteiger partial charge in [-0.25, -0.2) is 4.68 Å². The van der Waals surface area contributed by atoms with Crippen LogP contribution in [0.2, 0.25) is 0 Å². The Morgan fingerprint density at radius 2 is 1.48 bits per heavy atom. The molecule has 0 spiro atoms. The van der Waals surface area contributed by atoms with Crippen LogP contribution in [0.25, 0.3) is 28.1 Å². The van der Waals surface area contributed by atoms with E-state index < -0.39 is 36.6 Å². The first kappa shape index (κ1) is 49.8. The number of likely N-dealkylation sites (N-methyl/N-ethyl adjacent to an activating group) is 1. The number of carbonyl (C=O) groups excluding carboxylic acids is 2. The van der Waals surface area contributed by atoms with E-state index in [0.717, 1.165) is 47.3 Å². The van der Waals surface area contributed by atoms with Gasteiger partial charge in [0.05, 0.1) is 37.0 Å². The Morgan fingerprint density at radius 3 is 2.17 bits per heavy atom. The summed E-state index contributed by atoms with van der Waals surface area (Å²) in [6.07, 6.45) is 9.05. The van der Waals surface area contributed by atoms with Crippen LogP contribution in [-0.2, 0) is 47.5 Å². The fourth-order valence-electron chi connectivity index (χ4n) is 12.7. The normalized spacial score (nSPS) is 37.4. The van der Waals surface area contributed by atoms with Crippen molar-refractivity contribution < 1.29 is 47.5 Å². The monoisotopic (exact) mass is 951 g/mol. The number of hydrogen-bond donors (Lipinski definition) is 0. The van der Waals surface area contributed by atoms with E-state index in [1.165, 1.54) is 0 Å². The molecule has 9 rings (SSSR count). The molecule has 17 atom stereocenters. The highest BCUT2D eigenvalue weighted by molar-refractivity contribution is 5.99. The number of nitrogens with zero attached hydrogens (tertiary/aromatic N) is 4. The maximum atomic E-state index is 15.3. The molecule has 0 amide bonds. The van der Waals surface area contributed by atoms with E-state index in [1.54, 1.807) is 21.3 Å². The Hall–Kier alpha value is -4.12. The molecule has 2 aromatic carbocycles. The van der Waals surface area contributed by atoms with E-state index in [0.29, 0.717) is 43.7 Å². The van der Waals surface area contributed by atoms with E-state index in [1.807, 2.05) is 42.9 Å². The summed E-state index contributed by atoms with van der Waals surface area (Å²) in [7, 11) is 9.14. The molecule has 3 aromatic rings. The number of ketones is 1. The molecule has 0 bridgehead atoms. The second-order valence-electron chi connectivity index (χ2n) is 20.6. The molecular weight excluding hydrogens is 877 g/mol. The van der Waals surface area contributed by atoms with E-state index in [-0.39, 0.29) is 78.5 Å². The van der Waals surface area contributed by atoms with Crippen molar-refractivity contribution in [1.29, 1.82) is 0 Å². The van der Waals surface area contributed by atoms with Crippen molar-refractivity contribution >= 4 is 17.4 Å². The lowest BCUT2D eigenvalue weighted by Crippen LogP contribution is -2.59. The number of aromatic nitrogens is 3. The average molecular weight is 951 g/mol. The summed E-state index contributed by atoms with van der Waals surface area (Å²) >= 11 is 0. The predicted molar refractivity (Wildman–Crippen MR) is 260 cm³/mol. The molecule has 69 heavy (non-hydrogen) atoms. The molecule has 4 fully saturated rings. The number of Topliss-reactive ketones (excluding diaryl/α,β-unsaturated/α-hetero) is 1. The van der Waals surface area contributed by atoms with E-state index >= 15 is 4.79 Å². The van der Waals surface area contributed by atoms with Gasteiger partial charge in [0.15, 0.2) is 18.4 Å². The molecule has 3 aliphatic heterocycles. The molecule has 4 heterocycles. The van der Waals surface area contributed by atoms with Crippen LogP contribution < -0.4 is 0 Å². The summed E-state index contributed by atoms with van der Waals surface area (Å²) in [6, 6.07) is 19.0. The third-order valence-electron chi connectivity index (χ3n) is 16.4. The highest BCUT2D eigenvalue weighted by Crippen LogP contribution is 2.57. The van der Waals surface area contributed by atoms with Crippen LogP contribution in [0.4, 0.5) is 0 Å². The van der Waals surface area contributed by atoms with Gasteiger partial charge in [-0.2, -0.15) is 0 Å². The lowest BCUT2D eigenvalue weighted by atomic mass is 9.69. The summed E-state index contributed by atoms with van der Waals surface area (Å²) in [5.74, 6) is -1.27. The van der Waals surface area contributed by atoms with Crippen LogP contribution in [0.5, 0.6) is 0 Å². The first-order valence-electron chi connectivity index (χ1n) is 25.5. The minimum absolute atomic E-state index is 0.00326. The Bertz CT molecular complexity index is 2280. The number of benzene rings is 2. The Balaban J connectivity index is 1.05. The zero-order valence-corrected chi connectivity index (χ0v) is 42.0. The van der Waals surface area contributed by atoms with Gasteiger partial charge in [-0.05, 0) is 114 Å². The quantitative estimate of drug-likeness (QED) is 0.161. The number of ether oxygens (including phenoxy) is 8. The summed E-state index contributed by atoms with van der Waals surface area (Å²) in [5, 5.41) is 9.52. The maximum absolute atomic E-state index is 15.3. The third-order valence-corrected chi connectivity index (χ3v) is 16.4. The van der Waals surface area contributed by atoms with Crippen molar-refractivity contribution in [3.63, 3.8) is 0 Å². The van der Waals surface area contributed by atoms with Crippen molar-refractivity contribution in [3.05, 3.63) is 78.5 Å². The van der Waals surface area contributed by atoms with Crippen molar-refractivity contribution in [2.45, 2.75) is 153 Å². The topological polar surface area (TPSA) is 142 Å². The largest absolute Gasteiger partial charge is 0.462 e. The molecule has 6 aliphatic rings. The fourth-order valence-corrected chi connectivity index (χ4v) is 12.7. The summed E-state index contributed by atoms with van der Waals surface area (Å²) < 4.78 is 52.7. The second kappa shape index (κ2) is 21.7. The predicted octanol–water partition coefficient (Wildman–Crippen LogP) is 8.40. The van der Waals surface area contributed by atoms with Crippen LogP contribution in [0.3, 0.4) is 0 Å². The van der Waals surface area contributed by atoms with Gasteiger partial charge < -0.3 is 42.8 Å². The number of allylic oxidation sites excluding steroid dienone is 4. The van der Waals surface area contributed by atoms with Crippen molar-refractivity contribution in [3.8, 4) is 22.4 Å². The molecular formula is C55H74N4O10. The number of cyclic esters (lactones) is 1. The fraction of sp³-hybridized carbons (Fsp3) is 0.636. The standard InChI is InChI=1S/C55H74N4O10/c1-10-37-17-14-18-48(69-50-24-23-46(58(5)6)32(3)65-50)31(2)51(61)44-27-40-39-25-38(68-55-54(64-9)53(63-8)52(62-7)33(4)66-55)26-43(39)47(28-41(40)42(44)29-49(60)67-37)59-30-45(56-57-59)36-21-19-35(20-22-36)34-15-12-11-13-16-34/h11-13,15-16,19-22,27-28,30-33,37-43,46,48,50,52-55H,10,14,17-18,23-26,29H2,1-9H3/t31-,32?,33?,37+,38+,39+,40+,41-,42+,43-,46+,48+,50+,52?,53?,54?,55?/m1/s1. The minimum Gasteiger partial charge on any atom is -0.462 e. The summed E-state index contributed by atoms with van der Waals surface area (Å²) in [5.41, 5.74) is 5.65. The molecule has 1 aromatic heterocycles. The van der Waals surface area contributed by atoms with Gasteiger partial charge in [0.2, 0.25) is 0 Å². The molecule has 3 aliphatic carbocycles. The first-order valence-corrected chi connectivity index (χ1v) is 25.5. The van der Waals surface area contributed by atoms with Crippen LogP contribution in [0, 0.1) is 35.5 Å². The molecule has 6 unspecified atom stereocenters. The molecule has 3 saturated heterocycles. The number of hydrogen-bond acceptors (Lipinski definition) is 13. The number of methoxy groups -OCH3 is 3. The highest BCUT2D eigenvalue weighted by atomic mass is 16.7. The van der Waals surface area contributed by atoms with Crippen molar-refractivity contribution in [2.24, 2.45) is 35.5 Å². The number of esters is 1. The van der Waals surface area contributed by atoms with Crippen LogP contribution >= 0.6 is 0 Å². The van der Waals surface area contributed by atoms with Gasteiger partial charge in [-0.3, -0.25) is 9.59 Å². The summed E-state index contributed by atoms with van der Waals surface area (Å²) in [6.45, 7) is 8.15. The zero-order valence-electron chi connectivity index (χ0n) is 42.0. The SMILES string of the molecule is CC[C@H]1CCC[C@H](O[C@H]2CC[C@H](N(C)C)C(C)O2)[C@@H](C)C(=O)C2=C[C@@H]3[C@@H](C=C(n4cc(-c5ccc(-c6ccccc6)cc5)nn4)[C@@H]4C[C@@H](OC5OC(C)C(OC)C(OC)C5OC)C[C@@H]34)[C@@H]2CC(=O)O1. The van der Waals surface area contributed by atoms with Crippen molar-refractivity contribution in [2.75, 3.05) is 35.4 Å². The summed E-state index contributed by atoms with van der Waals surface area (Å²) in [4.78, 5) is 31.6. The molecule has 0 radical (unpaired) electrons. The smallest absolute Gasteiger partial charge is 0.306 e. The van der Waals surface area contributed by atoms with Gasteiger partial charge in [-0.15, -0.1) is 5.10 Å². The van der Waals surface area contributed by atoms with Gasteiger partial charge in [0.25, 0.3) is 0 Å². The maximum Gasteiger partial charge on any atom is 0.306 e. The van der Waals surface area contributed by atoms with Gasteiger partial charge in [0.1, 0.15) is 30.1 Å². The van der Waals surface area contributed by atoms with Crippen LogP contribution in [0.15, 0.2) is 78.5 Å². The zero-order chi connectivity index (χ0) is 48.5. The average Bonchev–Trinajstić information content (AvgIpc) is 4.10. The number of rotatable bonds is 12. The lowest BCUT2D eigenvalue weighted by Gasteiger charge is -2.44. The first-order chi connectivity index (χ1) is 33.4. The van der Waals surface area contributed by atoms with Gasteiger partial charge in [0, 0.05) is 56.4 Å². The molecule has 14 heteroatoms.